The second-order valence-corrected chi connectivity index (χ2v) is 25.0. The number of benzene rings is 2. The van der Waals surface area contributed by atoms with Gasteiger partial charge in [-0.05, 0) is 138 Å². The van der Waals surface area contributed by atoms with Crippen LogP contribution in [-0.2, 0) is 70.4 Å². The van der Waals surface area contributed by atoms with Crippen molar-refractivity contribution >= 4 is 82.9 Å². The lowest BCUT2D eigenvalue weighted by molar-refractivity contribution is -0.142. The third kappa shape index (κ3) is 31.1. The number of nitrogens with zero attached hydrogens (tertiary/aromatic N) is 3. The number of carbonyl (C=O) groups excluding carboxylic acids is 11. The first-order valence-electron chi connectivity index (χ1n) is 33.6. The highest BCUT2D eigenvalue weighted by Crippen LogP contribution is 2.22. The highest BCUT2D eigenvalue weighted by molar-refractivity contribution is 5.99. The second-order valence-electron chi connectivity index (χ2n) is 25.0. The molecule has 11 atom stereocenters. The number of carboxylic acid groups (broad SMARTS) is 1. The zero-order valence-electron chi connectivity index (χ0n) is 57.1. The number of nitrogens with one attached hydrogen (secondary N) is 9. The summed E-state index contributed by atoms with van der Waals surface area (Å²) in [4.78, 5) is 175. The molecule has 0 aromatic heterocycles. The Kier molecular flexibility index (Phi) is 37.3. The maximum atomic E-state index is 14.7. The normalized spacial score (nSPS) is 15.6. The summed E-state index contributed by atoms with van der Waals surface area (Å²) in [7, 11) is 0. The Hall–Kier alpha value is -9.70. The van der Waals surface area contributed by atoms with Crippen molar-refractivity contribution < 1.29 is 67.7 Å². The van der Waals surface area contributed by atoms with Crippen LogP contribution >= 0.6 is 0 Å². The summed E-state index contributed by atoms with van der Waals surface area (Å²) in [6, 6.07) is 1.18. The van der Waals surface area contributed by atoms with Gasteiger partial charge in [-0.2, -0.15) is 0 Å². The number of aromatic hydroxyl groups is 1. The van der Waals surface area contributed by atoms with Crippen molar-refractivity contribution in [2.75, 3.05) is 39.3 Å². The van der Waals surface area contributed by atoms with E-state index in [1.165, 1.54) is 29.2 Å². The molecule has 0 spiro atoms. The number of nitrogens with two attached hydrogens (primary N) is 8. The van der Waals surface area contributed by atoms with Crippen molar-refractivity contribution in [2.24, 2.45) is 67.7 Å². The lowest BCUT2D eigenvalue weighted by Crippen LogP contribution is -2.61. The molecule has 2 aromatic carbocycles. The number of rotatable bonds is 46. The van der Waals surface area contributed by atoms with Crippen molar-refractivity contribution in [3.05, 3.63) is 65.7 Å². The van der Waals surface area contributed by atoms with Gasteiger partial charge in [-0.1, -0.05) is 76.6 Å². The Bertz CT molecular complexity index is 3040. The van der Waals surface area contributed by atoms with Crippen molar-refractivity contribution in [3.63, 3.8) is 0 Å². The number of unbranched alkanes of at least 4 members (excludes halogenated alkanes) is 2. The Morgan fingerprint density at radius 1 is 0.556 bits per heavy atom. The molecule has 1 aliphatic heterocycles. The van der Waals surface area contributed by atoms with Gasteiger partial charge in [0.25, 0.3) is 0 Å². The van der Waals surface area contributed by atoms with Crippen LogP contribution in [0.25, 0.3) is 0 Å². The highest BCUT2D eigenvalue weighted by Gasteiger charge is 2.41. The van der Waals surface area contributed by atoms with Crippen molar-refractivity contribution in [1.29, 1.82) is 0 Å². The monoisotopic (exact) mass is 1390 g/mol. The van der Waals surface area contributed by atoms with E-state index in [4.69, 9.17) is 45.9 Å². The number of primary amides is 1. The van der Waals surface area contributed by atoms with Crippen LogP contribution in [0.3, 0.4) is 0 Å². The number of aliphatic imine (C=N–C) groups is 2. The summed E-state index contributed by atoms with van der Waals surface area (Å²) in [6.45, 7) is 7.00. The third-order valence-electron chi connectivity index (χ3n) is 16.4. The number of aliphatic carboxylic acids is 1. The number of phenols is 1. The van der Waals surface area contributed by atoms with Gasteiger partial charge in [0.05, 0.1) is 19.0 Å². The number of phenolic OH excluding ortho intramolecular Hbond substituents is 1. The van der Waals surface area contributed by atoms with Crippen LogP contribution in [0.5, 0.6) is 5.75 Å². The molecule has 99 heavy (non-hydrogen) atoms. The fourth-order valence-electron chi connectivity index (χ4n) is 10.8. The summed E-state index contributed by atoms with van der Waals surface area (Å²) in [5, 5.41) is 42.9. The van der Waals surface area contributed by atoms with Gasteiger partial charge in [-0.15, -0.1) is 0 Å². The topological polar surface area (TPSA) is 590 Å². The highest BCUT2D eigenvalue weighted by atomic mass is 16.4. The van der Waals surface area contributed by atoms with Crippen molar-refractivity contribution in [1.82, 2.24) is 52.8 Å². The molecule has 0 bridgehead atoms. The van der Waals surface area contributed by atoms with Crippen LogP contribution in [0.15, 0.2) is 64.6 Å². The van der Waals surface area contributed by atoms with E-state index in [1.54, 1.807) is 58.0 Å². The minimum absolute atomic E-state index is 0.00492. The molecule has 0 radical (unpaired) electrons. The van der Waals surface area contributed by atoms with E-state index in [2.05, 4.69) is 57.8 Å². The number of hydrogen-bond donors (Lipinski definition) is 19. The van der Waals surface area contributed by atoms with E-state index >= 15 is 0 Å². The number of likely N-dealkylation sites (tertiary alicyclic amines) is 1. The van der Waals surface area contributed by atoms with E-state index in [9.17, 15) is 67.7 Å². The molecule has 11 amide bonds. The first kappa shape index (κ1) is 83.5. The molecular weight excluding hydrogens is 1280 g/mol. The van der Waals surface area contributed by atoms with E-state index < -0.39 is 150 Å². The Morgan fingerprint density at radius 3 is 1.61 bits per heavy atom. The number of carboxylic acids is 1. The second kappa shape index (κ2) is 44.3. The first-order chi connectivity index (χ1) is 47.0. The van der Waals surface area contributed by atoms with E-state index in [-0.39, 0.29) is 114 Å². The molecule has 0 saturated carbocycles. The van der Waals surface area contributed by atoms with Gasteiger partial charge < -0.3 is 109 Å². The molecule has 1 fully saturated rings. The van der Waals surface area contributed by atoms with E-state index in [0.717, 1.165) is 0 Å². The fourth-order valence-corrected chi connectivity index (χ4v) is 10.8. The molecule has 0 unspecified atom stereocenters. The molecule has 2 aromatic rings. The molecule has 3 rings (SSSR count). The van der Waals surface area contributed by atoms with Crippen LogP contribution in [0.4, 0.5) is 0 Å². The SMILES string of the molecule is CC[C@H](C)[C@H](NC(=O)[C@H](CCCN=C(N)N)NC(=O)[C@H](CCCCN)NC(=O)[C@H](CC(C)C)NC(=O)[C@H](Cc1ccccc1)NC(=O)CNC(=O)[C@H](CC(=O)O)NC(=O)[C@@H](N)Cc1ccc(O)cc1)C(=O)N[C@@H](CCCN=C(N)N)C(=O)N1CCC[C@H]1C(=O)N[C@@H](CCCCN)C(N)=O. The van der Waals surface area contributed by atoms with Crippen LogP contribution in [0.2, 0.25) is 0 Å². The molecular formula is C65H106N20O14. The van der Waals surface area contributed by atoms with Gasteiger partial charge >= 0.3 is 5.97 Å². The van der Waals surface area contributed by atoms with Crippen molar-refractivity contribution in [3.8, 4) is 5.75 Å². The molecule has 1 aliphatic rings. The summed E-state index contributed by atoms with van der Waals surface area (Å²) in [5.41, 5.74) is 46.7. The van der Waals surface area contributed by atoms with Crippen LogP contribution in [-0.4, -0.2) is 198 Å². The number of amides is 11. The molecule has 34 heteroatoms. The molecule has 1 heterocycles. The molecule has 27 N–H and O–H groups in total. The summed E-state index contributed by atoms with van der Waals surface area (Å²) >= 11 is 0. The van der Waals surface area contributed by atoms with Crippen LogP contribution in [0, 0.1) is 11.8 Å². The average Bonchev–Trinajstić information content (AvgIpc) is 1.77. The largest absolute Gasteiger partial charge is 0.508 e. The van der Waals surface area contributed by atoms with Gasteiger partial charge in [0.1, 0.15) is 60.1 Å². The smallest absolute Gasteiger partial charge is 0.305 e. The molecule has 34 nitrogen and oxygen atoms in total. The maximum Gasteiger partial charge on any atom is 0.305 e. The van der Waals surface area contributed by atoms with Gasteiger partial charge in [-0.25, -0.2) is 0 Å². The zero-order chi connectivity index (χ0) is 73.7. The predicted octanol–water partition coefficient (Wildman–Crippen LogP) is -4.09. The lowest BCUT2D eigenvalue weighted by atomic mass is 9.96. The zero-order valence-corrected chi connectivity index (χ0v) is 57.1. The Balaban J connectivity index is 1.92. The molecule has 550 valence electrons. The predicted molar refractivity (Wildman–Crippen MR) is 369 cm³/mol. The third-order valence-corrected chi connectivity index (χ3v) is 16.4. The number of carbonyl (C=O) groups is 12. The quantitative estimate of drug-likeness (QED) is 0.0170. The van der Waals surface area contributed by atoms with E-state index in [0.29, 0.717) is 56.2 Å². The van der Waals surface area contributed by atoms with Crippen LogP contribution in [0.1, 0.15) is 135 Å². The van der Waals surface area contributed by atoms with Gasteiger partial charge in [0, 0.05) is 26.1 Å². The van der Waals surface area contributed by atoms with Crippen molar-refractivity contribution in [2.45, 2.75) is 197 Å². The minimum Gasteiger partial charge on any atom is -0.508 e. The van der Waals surface area contributed by atoms with Gasteiger partial charge in [0.2, 0.25) is 65.0 Å². The first-order valence-corrected chi connectivity index (χ1v) is 33.6. The van der Waals surface area contributed by atoms with Gasteiger partial charge in [0.15, 0.2) is 11.9 Å². The Labute approximate surface area is 577 Å². The minimum atomic E-state index is -1.68. The van der Waals surface area contributed by atoms with Crippen LogP contribution < -0.4 is 93.7 Å². The van der Waals surface area contributed by atoms with Gasteiger partial charge in [-0.3, -0.25) is 67.5 Å². The fraction of sp³-hybridized carbons (Fsp3) is 0.600. The standard InChI is InChI=1S/C65H106N20O14/c1-5-38(4)53(62(98)81-46(21-14-30-75-65(72)73)63(99)85-31-15-22-50(85)61(97)78-43(54(69)90)18-9-11-27-66)84-58(94)45(20-13-29-74-64(70)71)79-57(93)44(19-10-12-28-67)80-59(95)47(32-37(2)3)83-60(96)48(34-39-16-7-6-8-17-39)77-51(87)36-76-56(92)49(35-52(88)89)82-55(91)42(68)33-40-23-25-41(86)26-24-40/h6-8,16-17,23-26,37-38,42-50,53,86H,5,9-15,18-22,27-36,66-68H2,1-4H3,(H2,69,90)(H,76,92)(H,77,87)(H,78,97)(H,79,93)(H,80,95)(H,81,98)(H,82,91)(H,83,96)(H,84,94)(H,88,89)(H4,70,71,74)(H4,72,73,75)/t38-,42-,43-,44-,45-,46-,47-,48-,49-,50-,53-/m0/s1. The maximum absolute atomic E-state index is 14.7. The number of guanidine groups is 2. The summed E-state index contributed by atoms with van der Waals surface area (Å²) in [6.07, 6.45) is 2.12. The lowest BCUT2D eigenvalue weighted by Gasteiger charge is -2.32. The summed E-state index contributed by atoms with van der Waals surface area (Å²) < 4.78 is 0. The average molecular weight is 1390 g/mol. The molecule has 0 aliphatic carbocycles. The Morgan fingerprint density at radius 2 is 1.06 bits per heavy atom. The summed E-state index contributed by atoms with van der Waals surface area (Å²) in [5.74, 6) is -11.8. The van der Waals surface area contributed by atoms with E-state index in [1.807, 2.05) is 0 Å². The number of hydrogen-bond acceptors (Lipinski definition) is 18. The molecule has 1 saturated heterocycles.